The molecule has 0 spiro atoms. The van der Waals surface area contributed by atoms with Crippen LogP contribution in [0.1, 0.15) is 36.1 Å². The second kappa shape index (κ2) is 8.28. The second-order valence-electron chi connectivity index (χ2n) is 6.25. The first-order valence-electron chi connectivity index (χ1n) is 8.24. The molecule has 0 radical (unpaired) electrons. The molecule has 26 heavy (non-hydrogen) atoms. The van der Waals surface area contributed by atoms with E-state index in [-0.39, 0.29) is 28.6 Å². The molecular weight excluding hydrogens is 353 g/mol. The summed E-state index contributed by atoms with van der Waals surface area (Å²) < 4.78 is 13.1. The SMILES string of the molecule is CC(=N)/C(O)=C(\C(C)=O)c1c(C)ccc(Cl)c1CCc1ccc(F)cc1. The van der Waals surface area contributed by atoms with Crippen molar-refractivity contribution < 1.29 is 14.3 Å². The number of hydrogen-bond donors (Lipinski definition) is 2. The van der Waals surface area contributed by atoms with Gasteiger partial charge >= 0.3 is 0 Å². The van der Waals surface area contributed by atoms with Gasteiger partial charge in [-0.05, 0) is 74.1 Å². The van der Waals surface area contributed by atoms with E-state index < -0.39 is 0 Å². The lowest BCUT2D eigenvalue weighted by Gasteiger charge is -2.17. The Hall–Kier alpha value is -2.46. The van der Waals surface area contributed by atoms with E-state index in [2.05, 4.69) is 0 Å². The van der Waals surface area contributed by atoms with E-state index in [0.717, 1.165) is 16.7 Å². The molecule has 0 heterocycles. The van der Waals surface area contributed by atoms with Gasteiger partial charge < -0.3 is 10.5 Å². The minimum atomic E-state index is -0.342. The number of carbonyl (C=O) groups is 1. The van der Waals surface area contributed by atoms with Crippen LogP contribution in [-0.4, -0.2) is 16.6 Å². The Bertz CT molecular complexity index is 886. The zero-order valence-corrected chi connectivity index (χ0v) is 15.7. The summed E-state index contributed by atoms with van der Waals surface area (Å²) >= 11 is 6.40. The third-order valence-electron chi connectivity index (χ3n) is 4.24. The number of rotatable bonds is 6. The van der Waals surface area contributed by atoms with Crippen molar-refractivity contribution in [3.63, 3.8) is 0 Å². The van der Waals surface area contributed by atoms with Crippen LogP contribution in [0.2, 0.25) is 5.02 Å². The summed E-state index contributed by atoms with van der Waals surface area (Å²) in [6.45, 7) is 4.62. The summed E-state index contributed by atoms with van der Waals surface area (Å²) in [6.07, 6.45) is 1.12. The fraction of sp³-hybridized carbons (Fsp3) is 0.238. The Kier molecular flexibility index (Phi) is 6.32. The quantitative estimate of drug-likeness (QED) is 0.400. The van der Waals surface area contributed by atoms with Gasteiger partial charge in [0.2, 0.25) is 0 Å². The number of aliphatic hydroxyl groups is 1. The lowest BCUT2D eigenvalue weighted by Crippen LogP contribution is -2.11. The van der Waals surface area contributed by atoms with Crippen molar-refractivity contribution in [2.24, 2.45) is 0 Å². The summed E-state index contributed by atoms with van der Waals surface area (Å²) in [5.74, 6) is -0.968. The number of nitrogens with one attached hydrogen (secondary N) is 1. The number of benzene rings is 2. The number of ketones is 1. The average Bonchev–Trinajstić information content (AvgIpc) is 2.58. The van der Waals surface area contributed by atoms with Crippen LogP contribution in [0.3, 0.4) is 0 Å². The number of hydrogen-bond acceptors (Lipinski definition) is 3. The molecule has 0 aliphatic carbocycles. The van der Waals surface area contributed by atoms with Gasteiger partial charge in [0.05, 0.1) is 11.3 Å². The minimum absolute atomic E-state index is 0.0842. The molecule has 0 unspecified atom stereocenters. The third-order valence-corrected chi connectivity index (χ3v) is 4.59. The number of halogens is 2. The predicted octanol–water partition coefficient (Wildman–Crippen LogP) is 5.47. The third kappa shape index (κ3) is 4.38. The van der Waals surface area contributed by atoms with E-state index >= 15 is 0 Å². The zero-order chi connectivity index (χ0) is 19.4. The molecular formula is C21H21ClFNO2. The first-order valence-corrected chi connectivity index (χ1v) is 8.62. The molecule has 0 aliphatic heterocycles. The molecule has 0 aliphatic rings. The molecule has 0 atom stereocenters. The highest BCUT2D eigenvalue weighted by Crippen LogP contribution is 2.32. The van der Waals surface area contributed by atoms with Crippen LogP contribution in [0.15, 0.2) is 42.2 Å². The molecule has 2 aromatic rings. The molecule has 0 saturated carbocycles. The van der Waals surface area contributed by atoms with Crippen molar-refractivity contribution in [3.8, 4) is 0 Å². The van der Waals surface area contributed by atoms with E-state index in [4.69, 9.17) is 17.0 Å². The summed E-state index contributed by atoms with van der Waals surface area (Å²) in [4.78, 5) is 12.2. The molecule has 3 nitrogen and oxygen atoms in total. The topological polar surface area (TPSA) is 61.1 Å². The van der Waals surface area contributed by atoms with Gasteiger partial charge in [0.1, 0.15) is 11.6 Å². The Morgan fingerprint density at radius 2 is 1.73 bits per heavy atom. The van der Waals surface area contributed by atoms with Crippen LogP contribution < -0.4 is 0 Å². The van der Waals surface area contributed by atoms with Gasteiger partial charge in [0.25, 0.3) is 0 Å². The molecule has 0 amide bonds. The summed E-state index contributed by atoms with van der Waals surface area (Å²) in [5, 5.41) is 18.5. The maximum absolute atomic E-state index is 13.1. The Labute approximate surface area is 157 Å². The number of carbonyl (C=O) groups excluding carboxylic acids is 1. The van der Waals surface area contributed by atoms with Crippen LogP contribution in [0.4, 0.5) is 4.39 Å². The fourth-order valence-electron chi connectivity index (χ4n) is 2.90. The van der Waals surface area contributed by atoms with Gasteiger partial charge in [-0.3, -0.25) is 4.79 Å². The van der Waals surface area contributed by atoms with Crippen molar-refractivity contribution in [3.05, 3.63) is 75.3 Å². The van der Waals surface area contributed by atoms with Crippen LogP contribution in [0.5, 0.6) is 0 Å². The van der Waals surface area contributed by atoms with Gasteiger partial charge in [0, 0.05) is 5.02 Å². The smallest absolute Gasteiger partial charge is 0.164 e. The first-order chi connectivity index (χ1) is 12.2. The van der Waals surface area contributed by atoms with E-state index in [9.17, 15) is 14.3 Å². The van der Waals surface area contributed by atoms with Gasteiger partial charge in [-0.2, -0.15) is 0 Å². The summed E-state index contributed by atoms with van der Waals surface area (Å²) in [7, 11) is 0. The predicted molar refractivity (Wildman–Crippen MR) is 104 cm³/mol. The molecule has 0 saturated heterocycles. The average molecular weight is 374 g/mol. The summed E-state index contributed by atoms with van der Waals surface area (Å²) in [5.41, 5.74) is 3.05. The first kappa shape index (κ1) is 19.9. The van der Waals surface area contributed by atoms with Gasteiger partial charge in [0.15, 0.2) is 5.78 Å². The van der Waals surface area contributed by atoms with E-state index in [1.165, 1.54) is 26.0 Å². The van der Waals surface area contributed by atoms with Crippen molar-refractivity contribution in [2.45, 2.75) is 33.6 Å². The van der Waals surface area contributed by atoms with E-state index in [1.54, 1.807) is 24.3 Å². The molecule has 2 N–H and O–H groups in total. The van der Waals surface area contributed by atoms with Crippen molar-refractivity contribution in [1.82, 2.24) is 0 Å². The molecule has 5 heteroatoms. The number of aliphatic hydroxyl groups excluding tert-OH is 1. The normalized spacial score (nSPS) is 11.9. The molecule has 2 aromatic carbocycles. The van der Waals surface area contributed by atoms with Crippen LogP contribution in [-0.2, 0) is 17.6 Å². The lowest BCUT2D eigenvalue weighted by atomic mass is 9.88. The number of aryl methyl sites for hydroxylation is 2. The van der Waals surface area contributed by atoms with E-state index in [1.807, 2.05) is 6.92 Å². The standard InChI is InChI=1S/C21H21ClFNO2/c1-12-4-11-18(22)17(10-7-15-5-8-16(23)9-6-15)19(12)20(14(3)25)21(26)13(2)24/h4-6,8-9,11,24,26H,7,10H2,1-3H3/b21-20-,24-13?. The molecule has 0 fully saturated rings. The van der Waals surface area contributed by atoms with Gasteiger partial charge in [-0.25, -0.2) is 4.39 Å². The number of Topliss-reactive ketones (excluding diaryl/α,β-unsaturated/α-hetero) is 1. The number of allylic oxidation sites excluding steroid dienone is 2. The Morgan fingerprint density at radius 1 is 1.12 bits per heavy atom. The molecule has 0 aromatic heterocycles. The Balaban J connectivity index is 2.54. The maximum Gasteiger partial charge on any atom is 0.164 e. The Morgan fingerprint density at radius 3 is 2.27 bits per heavy atom. The molecule has 2 rings (SSSR count). The van der Waals surface area contributed by atoms with Crippen molar-refractivity contribution in [2.75, 3.05) is 0 Å². The monoisotopic (exact) mass is 373 g/mol. The van der Waals surface area contributed by atoms with Crippen LogP contribution in [0, 0.1) is 18.2 Å². The molecule has 0 bridgehead atoms. The lowest BCUT2D eigenvalue weighted by molar-refractivity contribution is -0.111. The summed E-state index contributed by atoms with van der Waals surface area (Å²) in [6, 6.07) is 9.76. The highest BCUT2D eigenvalue weighted by atomic mass is 35.5. The van der Waals surface area contributed by atoms with Gasteiger partial charge in [-0.15, -0.1) is 0 Å². The molecule has 136 valence electrons. The van der Waals surface area contributed by atoms with E-state index in [0.29, 0.717) is 23.4 Å². The van der Waals surface area contributed by atoms with Crippen molar-refractivity contribution in [1.29, 1.82) is 5.41 Å². The van der Waals surface area contributed by atoms with Crippen LogP contribution in [0.25, 0.3) is 5.57 Å². The maximum atomic E-state index is 13.1. The fourth-order valence-corrected chi connectivity index (χ4v) is 3.15. The highest BCUT2D eigenvalue weighted by Gasteiger charge is 2.22. The van der Waals surface area contributed by atoms with Crippen molar-refractivity contribution >= 4 is 28.7 Å². The minimum Gasteiger partial charge on any atom is -0.505 e. The zero-order valence-electron chi connectivity index (χ0n) is 15.0. The van der Waals surface area contributed by atoms with Crippen LogP contribution >= 0.6 is 11.6 Å². The largest absolute Gasteiger partial charge is 0.505 e. The highest BCUT2D eigenvalue weighted by molar-refractivity contribution is 6.33. The second-order valence-corrected chi connectivity index (χ2v) is 6.66. The van der Waals surface area contributed by atoms with Gasteiger partial charge in [-0.1, -0.05) is 29.8 Å².